The molecule has 0 rings (SSSR count). The van der Waals surface area contributed by atoms with E-state index in [0.29, 0.717) is 0 Å². The summed E-state index contributed by atoms with van der Waals surface area (Å²) in [4.78, 5) is 0. The van der Waals surface area contributed by atoms with Crippen LogP contribution >= 0.6 is 12.0 Å². The molecule has 0 atom stereocenters. The van der Waals surface area contributed by atoms with Crippen molar-refractivity contribution in [2.75, 3.05) is 13.4 Å². The molecule has 0 aliphatic rings. The quantitative estimate of drug-likeness (QED) is 0.436. The van der Waals surface area contributed by atoms with Crippen molar-refractivity contribution in [1.82, 2.24) is 0 Å². The van der Waals surface area contributed by atoms with E-state index in [1.54, 1.807) is 0 Å². The first-order valence-electron chi connectivity index (χ1n) is 1.65. The van der Waals surface area contributed by atoms with E-state index in [1.165, 1.54) is 6.26 Å². The monoisotopic (exact) mass is 182 g/mol. The molecular formula is C2H7NaO4S2. The van der Waals surface area contributed by atoms with E-state index in [2.05, 4.69) is 7.81 Å². The van der Waals surface area contributed by atoms with Gasteiger partial charge in [0.2, 0.25) is 0 Å². The Labute approximate surface area is 81.1 Å². The molecular weight excluding hydrogens is 175 g/mol. The molecule has 0 aromatic heterocycles. The van der Waals surface area contributed by atoms with Gasteiger partial charge < -0.3 is 0 Å². The van der Waals surface area contributed by atoms with Gasteiger partial charge in [-0.3, -0.25) is 4.18 Å². The van der Waals surface area contributed by atoms with Crippen molar-refractivity contribution in [3.8, 4) is 0 Å². The standard InChI is InChI=1S/C2H6O4S2.Na.H/c1-5-8(3,4)6-7-2;;/h1-2H3;;. The van der Waals surface area contributed by atoms with Gasteiger partial charge in [-0.1, -0.05) is 0 Å². The average molecular weight is 182 g/mol. The zero-order chi connectivity index (χ0) is 6.62. The van der Waals surface area contributed by atoms with Crippen LogP contribution < -0.4 is 0 Å². The van der Waals surface area contributed by atoms with Gasteiger partial charge in [0.1, 0.15) is 0 Å². The molecule has 52 valence electrons. The SMILES string of the molecule is COS(=O)(=O)OSC.[NaH]. The second-order valence-electron chi connectivity index (χ2n) is 0.810. The summed E-state index contributed by atoms with van der Waals surface area (Å²) in [6, 6.07) is 0. The van der Waals surface area contributed by atoms with E-state index in [9.17, 15) is 8.42 Å². The van der Waals surface area contributed by atoms with E-state index in [0.717, 1.165) is 19.2 Å². The van der Waals surface area contributed by atoms with E-state index >= 15 is 0 Å². The van der Waals surface area contributed by atoms with Crippen LogP contribution in [0.5, 0.6) is 0 Å². The summed E-state index contributed by atoms with van der Waals surface area (Å²) in [7, 11) is -2.67. The van der Waals surface area contributed by atoms with E-state index in [-0.39, 0.29) is 29.6 Å². The molecule has 0 aromatic carbocycles. The molecule has 0 saturated carbocycles. The summed E-state index contributed by atoms with van der Waals surface area (Å²) in [6.45, 7) is 0. The number of hydrogen-bond donors (Lipinski definition) is 0. The fourth-order valence-electron chi connectivity index (χ4n) is 0.111. The molecule has 0 amide bonds. The molecule has 7 heteroatoms. The minimum absolute atomic E-state index is 0. The fraction of sp³-hybridized carbons (Fsp3) is 1.00. The molecule has 0 saturated heterocycles. The predicted octanol–water partition coefficient (Wildman–Crippen LogP) is -0.476. The van der Waals surface area contributed by atoms with Crippen LogP contribution in [-0.4, -0.2) is 51.3 Å². The number of hydrogen-bond acceptors (Lipinski definition) is 5. The number of rotatable bonds is 3. The Balaban J connectivity index is 0. The van der Waals surface area contributed by atoms with Crippen LogP contribution in [0, 0.1) is 0 Å². The van der Waals surface area contributed by atoms with Crippen molar-refractivity contribution in [2.24, 2.45) is 0 Å². The van der Waals surface area contributed by atoms with Gasteiger partial charge in [-0.05, 0) is 0 Å². The Hall–Kier alpha value is 1.22. The van der Waals surface area contributed by atoms with Gasteiger partial charge in [0.15, 0.2) is 0 Å². The molecule has 9 heavy (non-hydrogen) atoms. The van der Waals surface area contributed by atoms with E-state index in [4.69, 9.17) is 0 Å². The Bertz CT molecular complexity index is 141. The molecule has 0 unspecified atom stereocenters. The summed E-state index contributed by atoms with van der Waals surface area (Å²) in [5.41, 5.74) is 0. The molecule has 4 nitrogen and oxygen atoms in total. The Morgan fingerprint density at radius 1 is 1.44 bits per heavy atom. The van der Waals surface area contributed by atoms with Crippen molar-refractivity contribution in [2.45, 2.75) is 0 Å². The minimum atomic E-state index is -3.71. The summed E-state index contributed by atoms with van der Waals surface area (Å²) < 4.78 is 28.2. The van der Waals surface area contributed by atoms with Crippen LogP contribution in [0.15, 0.2) is 0 Å². The summed E-state index contributed by atoms with van der Waals surface area (Å²) in [5.74, 6) is 0. The molecule has 0 aliphatic carbocycles. The molecule has 0 bridgehead atoms. The molecule has 0 heterocycles. The Morgan fingerprint density at radius 2 is 1.89 bits per heavy atom. The normalized spacial score (nSPS) is 10.4. The first-order valence-corrected chi connectivity index (χ1v) is 4.13. The van der Waals surface area contributed by atoms with Gasteiger partial charge in [0.05, 0.1) is 7.11 Å². The van der Waals surface area contributed by atoms with E-state index < -0.39 is 10.4 Å². The summed E-state index contributed by atoms with van der Waals surface area (Å²) in [5, 5.41) is 0. The molecule has 0 aromatic rings. The van der Waals surface area contributed by atoms with Crippen molar-refractivity contribution < 1.29 is 16.2 Å². The van der Waals surface area contributed by atoms with Crippen molar-refractivity contribution in [3.05, 3.63) is 0 Å². The van der Waals surface area contributed by atoms with Gasteiger partial charge >= 0.3 is 40.0 Å². The van der Waals surface area contributed by atoms with Crippen LogP contribution in [0.3, 0.4) is 0 Å². The second kappa shape index (κ2) is 5.96. The molecule has 0 fully saturated rings. The molecule has 0 aliphatic heterocycles. The Kier molecular flexibility index (Phi) is 8.52. The third kappa shape index (κ3) is 7.11. The molecule has 0 radical (unpaired) electrons. The maximum absolute atomic E-state index is 10.1. The van der Waals surface area contributed by atoms with Crippen LogP contribution in [0.4, 0.5) is 0 Å². The van der Waals surface area contributed by atoms with Crippen molar-refractivity contribution in [1.29, 1.82) is 0 Å². The van der Waals surface area contributed by atoms with Gasteiger partial charge in [-0.25, -0.2) is 0 Å². The first kappa shape index (κ1) is 12.9. The van der Waals surface area contributed by atoms with Crippen molar-refractivity contribution in [3.63, 3.8) is 0 Å². The molecule has 0 N–H and O–H groups in total. The van der Waals surface area contributed by atoms with Gasteiger partial charge in [-0.15, -0.1) is 0 Å². The first-order chi connectivity index (χ1) is 3.62. The zero-order valence-electron chi connectivity index (χ0n) is 4.45. The second-order valence-corrected chi connectivity index (χ2v) is 2.84. The van der Waals surface area contributed by atoms with Gasteiger partial charge in [-0.2, -0.15) is 12.0 Å². The molecule has 0 spiro atoms. The van der Waals surface area contributed by atoms with E-state index in [1.807, 2.05) is 0 Å². The van der Waals surface area contributed by atoms with Crippen LogP contribution in [0.1, 0.15) is 0 Å². The summed E-state index contributed by atoms with van der Waals surface area (Å²) in [6.07, 6.45) is 1.48. The Morgan fingerprint density at radius 3 is 2.00 bits per heavy atom. The third-order valence-corrected chi connectivity index (χ3v) is 1.97. The summed E-state index contributed by atoms with van der Waals surface area (Å²) >= 11 is 0.720. The van der Waals surface area contributed by atoms with Crippen molar-refractivity contribution >= 4 is 52.0 Å². The van der Waals surface area contributed by atoms with Crippen LogP contribution in [0.2, 0.25) is 0 Å². The van der Waals surface area contributed by atoms with Gasteiger partial charge in [0.25, 0.3) is 0 Å². The predicted molar refractivity (Wildman–Crippen MR) is 37.7 cm³/mol. The van der Waals surface area contributed by atoms with Gasteiger partial charge in [0, 0.05) is 18.3 Å². The van der Waals surface area contributed by atoms with Crippen LogP contribution in [0.25, 0.3) is 0 Å². The topological polar surface area (TPSA) is 52.6 Å². The fourth-order valence-corrected chi connectivity index (χ4v) is 1.00. The zero-order valence-corrected chi connectivity index (χ0v) is 6.08. The third-order valence-electron chi connectivity index (χ3n) is 0.355. The van der Waals surface area contributed by atoms with Crippen LogP contribution in [-0.2, 0) is 18.2 Å². The maximum atomic E-state index is 10.1. The average Bonchev–Trinajstić information content (AvgIpc) is 1.67.